The fourth-order valence-electron chi connectivity index (χ4n) is 3.46. The predicted octanol–water partition coefficient (Wildman–Crippen LogP) is 5.55. The van der Waals surface area contributed by atoms with Crippen LogP contribution in [-0.2, 0) is 16.4 Å². The van der Waals surface area contributed by atoms with E-state index in [0.29, 0.717) is 23.2 Å². The fraction of sp³-hybridized carbons (Fsp3) is 0.130. The summed E-state index contributed by atoms with van der Waals surface area (Å²) in [4.78, 5) is 0.234. The van der Waals surface area contributed by atoms with Gasteiger partial charge in [-0.3, -0.25) is 0 Å². The zero-order valence-electron chi connectivity index (χ0n) is 16.1. The molecule has 6 heteroatoms. The summed E-state index contributed by atoms with van der Waals surface area (Å²) < 4.78 is 29.4. The summed E-state index contributed by atoms with van der Waals surface area (Å²) in [5.41, 5.74) is 3.82. The Bertz CT molecular complexity index is 1320. The molecule has 0 aliphatic heterocycles. The molecule has 0 aliphatic carbocycles. The first-order valence-corrected chi connectivity index (χ1v) is 11.4. The molecule has 3 aromatic carbocycles. The Hall–Kier alpha value is -2.57. The third kappa shape index (κ3) is 3.70. The van der Waals surface area contributed by atoms with E-state index in [1.165, 1.54) is 3.97 Å². The lowest BCUT2D eigenvalue weighted by Gasteiger charge is -2.13. The molecule has 4 nitrogen and oxygen atoms in total. The van der Waals surface area contributed by atoms with Gasteiger partial charge < -0.3 is 5.11 Å². The van der Waals surface area contributed by atoms with Crippen molar-refractivity contribution >= 4 is 36.9 Å². The summed E-state index contributed by atoms with van der Waals surface area (Å²) in [6.45, 7) is 3.82. The van der Waals surface area contributed by atoms with Crippen LogP contribution in [0.25, 0.3) is 10.9 Å². The van der Waals surface area contributed by atoms with Gasteiger partial charge in [0.25, 0.3) is 10.0 Å². The van der Waals surface area contributed by atoms with Crippen molar-refractivity contribution in [3.05, 3.63) is 93.6 Å². The van der Waals surface area contributed by atoms with Crippen molar-refractivity contribution in [3.63, 3.8) is 0 Å². The van der Waals surface area contributed by atoms with E-state index in [1.807, 2.05) is 44.2 Å². The number of nitrogens with zero attached hydrogens (tertiary/aromatic N) is 1. The number of halogens is 1. The van der Waals surface area contributed by atoms with E-state index in [-0.39, 0.29) is 10.6 Å². The molecule has 0 unspecified atom stereocenters. The second kappa shape index (κ2) is 7.35. The average Bonchev–Trinajstić information content (AvgIpc) is 3.02. The van der Waals surface area contributed by atoms with Gasteiger partial charge in [-0.2, -0.15) is 0 Å². The minimum Gasteiger partial charge on any atom is -0.508 e. The number of aromatic nitrogens is 1. The molecule has 0 saturated carbocycles. The van der Waals surface area contributed by atoms with Crippen molar-refractivity contribution in [3.8, 4) is 5.75 Å². The Morgan fingerprint density at radius 2 is 1.59 bits per heavy atom. The highest BCUT2D eigenvalue weighted by Gasteiger charge is 2.23. The maximum Gasteiger partial charge on any atom is 0.268 e. The molecule has 0 radical (unpaired) electrons. The van der Waals surface area contributed by atoms with E-state index in [9.17, 15) is 13.5 Å². The van der Waals surface area contributed by atoms with Gasteiger partial charge in [0.1, 0.15) is 5.75 Å². The summed E-state index contributed by atoms with van der Waals surface area (Å²) >= 11 is 3.46. The van der Waals surface area contributed by atoms with E-state index in [1.54, 1.807) is 36.4 Å². The van der Waals surface area contributed by atoms with Crippen LogP contribution in [0.1, 0.15) is 22.4 Å². The Morgan fingerprint density at radius 1 is 0.897 bits per heavy atom. The SMILES string of the molecule is Cc1ccc(S(=O)(=O)n2c(Cc3ccc(C)cc3O)cc3cc(Br)ccc32)cc1. The molecule has 0 atom stereocenters. The molecule has 0 saturated heterocycles. The number of aromatic hydroxyl groups is 1. The summed E-state index contributed by atoms with van der Waals surface area (Å²) in [5.74, 6) is 0.163. The third-order valence-electron chi connectivity index (χ3n) is 4.96. The van der Waals surface area contributed by atoms with Gasteiger partial charge in [0.2, 0.25) is 0 Å². The lowest BCUT2D eigenvalue weighted by Crippen LogP contribution is -2.16. The number of hydrogen-bond donors (Lipinski definition) is 1. The second-order valence-electron chi connectivity index (χ2n) is 7.23. The van der Waals surface area contributed by atoms with Crippen LogP contribution in [0.4, 0.5) is 0 Å². The molecular formula is C23H20BrNO3S. The maximum atomic E-state index is 13.5. The van der Waals surface area contributed by atoms with E-state index in [2.05, 4.69) is 15.9 Å². The highest BCUT2D eigenvalue weighted by Crippen LogP contribution is 2.31. The van der Waals surface area contributed by atoms with E-state index in [0.717, 1.165) is 21.0 Å². The number of phenolic OH excluding ortho intramolecular Hbond substituents is 1. The minimum absolute atomic E-state index is 0.163. The summed E-state index contributed by atoms with van der Waals surface area (Å²) in [6, 6.07) is 19.7. The number of hydrogen-bond acceptors (Lipinski definition) is 3. The first-order valence-electron chi connectivity index (χ1n) is 9.16. The van der Waals surface area contributed by atoms with Gasteiger partial charge in [-0.25, -0.2) is 12.4 Å². The highest BCUT2D eigenvalue weighted by atomic mass is 79.9. The molecule has 0 spiro atoms. The molecule has 1 N–H and O–H groups in total. The summed E-state index contributed by atoms with van der Waals surface area (Å²) in [6.07, 6.45) is 0.295. The zero-order valence-corrected chi connectivity index (χ0v) is 18.5. The first-order chi connectivity index (χ1) is 13.8. The largest absolute Gasteiger partial charge is 0.508 e. The molecule has 0 fully saturated rings. The van der Waals surface area contributed by atoms with Gasteiger partial charge in [-0.1, -0.05) is 45.8 Å². The van der Waals surface area contributed by atoms with E-state index in [4.69, 9.17) is 0 Å². The first kappa shape index (κ1) is 19.7. The Morgan fingerprint density at radius 3 is 2.28 bits per heavy atom. The topological polar surface area (TPSA) is 59.3 Å². The molecule has 29 heavy (non-hydrogen) atoms. The number of phenols is 1. The van der Waals surface area contributed by atoms with Gasteiger partial charge in [0.05, 0.1) is 10.4 Å². The highest BCUT2D eigenvalue weighted by molar-refractivity contribution is 9.10. The van der Waals surface area contributed by atoms with Crippen LogP contribution in [0, 0.1) is 13.8 Å². The zero-order chi connectivity index (χ0) is 20.8. The molecule has 4 rings (SSSR count). The van der Waals surface area contributed by atoms with Crippen LogP contribution in [0.15, 0.2) is 76.1 Å². The van der Waals surface area contributed by atoms with Crippen LogP contribution in [-0.4, -0.2) is 17.5 Å². The number of benzene rings is 3. The quantitative estimate of drug-likeness (QED) is 0.425. The van der Waals surface area contributed by atoms with E-state index < -0.39 is 10.0 Å². The van der Waals surface area contributed by atoms with Crippen molar-refractivity contribution in [2.45, 2.75) is 25.2 Å². The summed E-state index contributed by atoms with van der Waals surface area (Å²) in [5, 5.41) is 11.2. The van der Waals surface area contributed by atoms with Crippen LogP contribution in [0.3, 0.4) is 0 Å². The van der Waals surface area contributed by atoms with Gasteiger partial charge in [-0.05, 0) is 67.4 Å². The van der Waals surface area contributed by atoms with E-state index >= 15 is 0 Å². The number of aryl methyl sites for hydroxylation is 2. The fourth-order valence-corrected chi connectivity index (χ4v) is 5.38. The summed E-state index contributed by atoms with van der Waals surface area (Å²) in [7, 11) is -3.80. The van der Waals surface area contributed by atoms with Crippen molar-refractivity contribution in [2.75, 3.05) is 0 Å². The van der Waals surface area contributed by atoms with Crippen molar-refractivity contribution < 1.29 is 13.5 Å². The second-order valence-corrected chi connectivity index (χ2v) is 9.93. The predicted molar refractivity (Wildman–Crippen MR) is 119 cm³/mol. The standard InChI is InChI=1S/C23H20BrNO3S/c1-15-4-8-21(9-5-15)29(27,28)25-20(13-17-6-3-16(2)11-23(17)26)14-18-12-19(24)7-10-22(18)25/h3-12,14,26H,13H2,1-2H3. The smallest absolute Gasteiger partial charge is 0.268 e. The molecule has 0 aliphatic rings. The third-order valence-corrected chi connectivity index (χ3v) is 7.24. The molecule has 148 valence electrons. The minimum atomic E-state index is -3.80. The van der Waals surface area contributed by atoms with Gasteiger partial charge in [0.15, 0.2) is 0 Å². The van der Waals surface area contributed by atoms with Crippen LogP contribution < -0.4 is 0 Å². The average molecular weight is 470 g/mol. The van der Waals surface area contributed by atoms with Gasteiger partial charge >= 0.3 is 0 Å². The number of fused-ring (bicyclic) bond motifs is 1. The van der Waals surface area contributed by atoms with Gasteiger partial charge in [-0.15, -0.1) is 0 Å². The van der Waals surface area contributed by atoms with Crippen LogP contribution in [0.5, 0.6) is 5.75 Å². The maximum absolute atomic E-state index is 13.5. The molecular weight excluding hydrogens is 450 g/mol. The normalized spacial score (nSPS) is 11.8. The van der Waals surface area contributed by atoms with Crippen molar-refractivity contribution in [2.24, 2.45) is 0 Å². The molecule has 0 bridgehead atoms. The van der Waals surface area contributed by atoms with Gasteiger partial charge in [0, 0.05) is 22.0 Å². The van der Waals surface area contributed by atoms with Crippen LogP contribution >= 0.6 is 15.9 Å². The Labute approximate surface area is 178 Å². The van der Waals surface area contributed by atoms with Crippen molar-refractivity contribution in [1.82, 2.24) is 3.97 Å². The van der Waals surface area contributed by atoms with Crippen molar-refractivity contribution in [1.29, 1.82) is 0 Å². The molecule has 0 amide bonds. The lowest BCUT2D eigenvalue weighted by atomic mass is 10.1. The Kier molecular flexibility index (Phi) is 5.00. The molecule has 1 aromatic heterocycles. The monoisotopic (exact) mass is 469 g/mol. The number of rotatable bonds is 4. The lowest BCUT2D eigenvalue weighted by molar-refractivity contribution is 0.468. The molecule has 4 aromatic rings. The van der Waals surface area contributed by atoms with Crippen LogP contribution in [0.2, 0.25) is 0 Å². The Balaban J connectivity index is 1.94. The molecule has 1 heterocycles.